The van der Waals surface area contributed by atoms with Crippen LogP contribution in [0.15, 0.2) is 12.3 Å². The van der Waals surface area contributed by atoms with Crippen LogP contribution in [-0.2, 0) is 6.54 Å². The van der Waals surface area contributed by atoms with Gasteiger partial charge < -0.3 is 10.2 Å². The van der Waals surface area contributed by atoms with Crippen LogP contribution in [0.3, 0.4) is 0 Å². The summed E-state index contributed by atoms with van der Waals surface area (Å²) in [5, 5.41) is 10.2. The van der Waals surface area contributed by atoms with Gasteiger partial charge in [0.2, 0.25) is 0 Å². The third-order valence-electron chi connectivity index (χ3n) is 2.40. The van der Waals surface area contributed by atoms with E-state index in [1.54, 1.807) is 6.20 Å². The summed E-state index contributed by atoms with van der Waals surface area (Å²) in [5.74, 6) is 0. The molecular formula is C10H20N4. The van der Waals surface area contributed by atoms with Gasteiger partial charge in [0.05, 0.1) is 0 Å². The standard InChI is InChI=1S/C10H20N4/c1-9(2)14(3)7-6-11-8-10-4-5-12-13-10/h4-5,9,11H,6-8H2,1-3H3,(H,12,13). The van der Waals surface area contributed by atoms with Crippen LogP contribution < -0.4 is 5.32 Å². The number of H-pyrrole nitrogens is 1. The fourth-order valence-electron chi connectivity index (χ4n) is 1.12. The number of nitrogens with zero attached hydrogens (tertiary/aromatic N) is 2. The van der Waals surface area contributed by atoms with Gasteiger partial charge in [-0.25, -0.2) is 0 Å². The second-order valence-corrected chi connectivity index (χ2v) is 3.83. The smallest absolute Gasteiger partial charge is 0.0490 e. The highest BCUT2D eigenvalue weighted by molar-refractivity contribution is 4.96. The molecule has 0 aliphatic carbocycles. The molecule has 4 nitrogen and oxygen atoms in total. The largest absolute Gasteiger partial charge is 0.310 e. The van der Waals surface area contributed by atoms with E-state index < -0.39 is 0 Å². The average molecular weight is 196 g/mol. The maximum Gasteiger partial charge on any atom is 0.0490 e. The van der Waals surface area contributed by atoms with Crippen molar-refractivity contribution in [1.29, 1.82) is 0 Å². The summed E-state index contributed by atoms with van der Waals surface area (Å²) in [6.45, 7) is 7.36. The number of aromatic nitrogens is 2. The van der Waals surface area contributed by atoms with Crippen LogP contribution in [0.25, 0.3) is 0 Å². The second-order valence-electron chi connectivity index (χ2n) is 3.83. The molecule has 0 aliphatic heterocycles. The van der Waals surface area contributed by atoms with Gasteiger partial charge in [-0.05, 0) is 27.0 Å². The zero-order chi connectivity index (χ0) is 10.4. The molecule has 0 unspecified atom stereocenters. The Morgan fingerprint density at radius 1 is 1.57 bits per heavy atom. The number of nitrogens with one attached hydrogen (secondary N) is 2. The first kappa shape index (κ1) is 11.2. The van der Waals surface area contributed by atoms with E-state index in [1.165, 1.54) is 0 Å². The van der Waals surface area contributed by atoms with Gasteiger partial charge in [0, 0.05) is 37.6 Å². The van der Waals surface area contributed by atoms with Crippen LogP contribution in [0.4, 0.5) is 0 Å². The van der Waals surface area contributed by atoms with Gasteiger partial charge in [-0.1, -0.05) is 0 Å². The first-order valence-electron chi connectivity index (χ1n) is 5.09. The van der Waals surface area contributed by atoms with E-state index in [4.69, 9.17) is 0 Å². The summed E-state index contributed by atoms with van der Waals surface area (Å²) >= 11 is 0. The van der Waals surface area contributed by atoms with E-state index in [-0.39, 0.29) is 0 Å². The van der Waals surface area contributed by atoms with Crippen molar-refractivity contribution in [2.45, 2.75) is 26.4 Å². The summed E-state index contributed by atoms with van der Waals surface area (Å²) in [4.78, 5) is 2.32. The first-order valence-corrected chi connectivity index (χ1v) is 5.09. The van der Waals surface area contributed by atoms with Crippen LogP contribution in [0.5, 0.6) is 0 Å². The monoisotopic (exact) mass is 196 g/mol. The van der Waals surface area contributed by atoms with Crippen molar-refractivity contribution < 1.29 is 0 Å². The van der Waals surface area contributed by atoms with Crippen molar-refractivity contribution in [3.05, 3.63) is 18.0 Å². The molecule has 0 bridgehead atoms. The lowest BCUT2D eigenvalue weighted by Crippen LogP contribution is -2.33. The predicted octanol–water partition coefficient (Wildman–Crippen LogP) is 0.839. The minimum Gasteiger partial charge on any atom is -0.310 e. The Morgan fingerprint density at radius 2 is 2.36 bits per heavy atom. The Morgan fingerprint density at radius 3 is 2.93 bits per heavy atom. The minimum absolute atomic E-state index is 0.615. The van der Waals surface area contributed by atoms with Crippen molar-refractivity contribution >= 4 is 0 Å². The molecule has 0 saturated carbocycles. The van der Waals surface area contributed by atoms with Gasteiger partial charge in [-0.15, -0.1) is 0 Å². The van der Waals surface area contributed by atoms with Gasteiger partial charge in [0.15, 0.2) is 0 Å². The van der Waals surface area contributed by atoms with E-state index in [1.807, 2.05) is 6.07 Å². The molecule has 1 aromatic rings. The third-order valence-corrected chi connectivity index (χ3v) is 2.40. The molecule has 0 spiro atoms. The molecule has 2 N–H and O–H groups in total. The summed E-state index contributed by atoms with van der Waals surface area (Å²) < 4.78 is 0. The lowest BCUT2D eigenvalue weighted by atomic mass is 10.3. The van der Waals surface area contributed by atoms with Crippen molar-refractivity contribution in [1.82, 2.24) is 20.4 Å². The Hall–Kier alpha value is -0.870. The van der Waals surface area contributed by atoms with Gasteiger partial charge in [0.1, 0.15) is 0 Å². The van der Waals surface area contributed by atoms with Gasteiger partial charge in [0.25, 0.3) is 0 Å². The SMILES string of the molecule is CC(C)N(C)CCNCc1ccn[nH]1. The van der Waals surface area contributed by atoms with Gasteiger partial charge >= 0.3 is 0 Å². The van der Waals surface area contributed by atoms with Crippen molar-refractivity contribution in [3.63, 3.8) is 0 Å². The van der Waals surface area contributed by atoms with Crippen molar-refractivity contribution in [2.24, 2.45) is 0 Å². The zero-order valence-electron chi connectivity index (χ0n) is 9.25. The van der Waals surface area contributed by atoms with Crippen LogP contribution in [0.1, 0.15) is 19.5 Å². The second kappa shape index (κ2) is 5.78. The molecule has 1 aromatic heterocycles. The average Bonchev–Trinajstić information content (AvgIpc) is 2.64. The molecule has 0 fully saturated rings. The number of rotatable bonds is 6. The van der Waals surface area contributed by atoms with Crippen LogP contribution in [0, 0.1) is 0 Å². The molecule has 14 heavy (non-hydrogen) atoms. The molecule has 0 saturated heterocycles. The third kappa shape index (κ3) is 3.89. The number of hydrogen-bond donors (Lipinski definition) is 2. The van der Waals surface area contributed by atoms with E-state index in [0.717, 1.165) is 25.3 Å². The van der Waals surface area contributed by atoms with E-state index in [2.05, 4.69) is 41.3 Å². The fourth-order valence-corrected chi connectivity index (χ4v) is 1.12. The van der Waals surface area contributed by atoms with Crippen LogP contribution in [-0.4, -0.2) is 41.3 Å². The highest BCUT2D eigenvalue weighted by Crippen LogP contribution is 1.92. The number of aromatic amines is 1. The highest BCUT2D eigenvalue weighted by Gasteiger charge is 2.01. The van der Waals surface area contributed by atoms with Crippen molar-refractivity contribution in [2.75, 3.05) is 20.1 Å². The molecular weight excluding hydrogens is 176 g/mol. The maximum absolute atomic E-state index is 3.89. The summed E-state index contributed by atoms with van der Waals surface area (Å²) in [6.07, 6.45) is 1.78. The summed E-state index contributed by atoms with van der Waals surface area (Å²) in [7, 11) is 2.14. The topological polar surface area (TPSA) is 44.0 Å². The molecule has 1 rings (SSSR count). The summed E-state index contributed by atoms with van der Waals surface area (Å²) in [6, 6.07) is 2.60. The molecule has 80 valence electrons. The minimum atomic E-state index is 0.615. The Balaban J connectivity index is 2.05. The quantitative estimate of drug-likeness (QED) is 0.663. The molecule has 0 atom stereocenters. The van der Waals surface area contributed by atoms with Crippen LogP contribution in [0.2, 0.25) is 0 Å². The van der Waals surface area contributed by atoms with E-state index >= 15 is 0 Å². The molecule has 0 aliphatic rings. The highest BCUT2D eigenvalue weighted by atomic mass is 15.1. The van der Waals surface area contributed by atoms with Crippen LogP contribution >= 0.6 is 0 Å². The number of hydrogen-bond acceptors (Lipinski definition) is 3. The molecule has 0 radical (unpaired) electrons. The molecule has 4 heteroatoms. The Labute approximate surface area is 85.7 Å². The van der Waals surface area contributed by atoms with E-state index in [0.29, 0.717) is 6.04 Å². The predicted molar refractivity (Wildman–Crippen MR) is 58.1 cm³/mol. The lowest BCUT2D eigenvalue weighted by molar-refractivity contribution is 0.273. The Kier molecular flexibility index (Phi) is 4.62. The number of likely N-dealkylation sites (N-methyl/N-ethyl adjacent to an activating group) is 1. The molecule has 0 aromatic carbocycles. The normalized spacial score (nSPS) is 11.5. The van der Waals surface area contributed by atoms with Crippen molar-refractivity contribution in [3.8, 4) is 0 Å². The Bertz CT molecular complexity index is 230. The molecule has 0 amide bonds. The summed E-state index contributed by atoms with van der Waals surface area (Å²) in [5.41, 5.74) is 1.14. The van der Waals surface area contributed by atoms with Gasteiger partial charge in [-0.2, -0.15) is 5.10 Å². The lowest BCUT2D eigenvalue weighted by Gasteiger charge is -2.20. The zero-order valence-corrected chi connectivity index (χ0v) is 9.25. The van der Waals surface area contributed by atoms with Gasteiger partial charge in [-0.3, -0.25) is 5.10 Å². The molecule has 1 heterocycles. The first-order chi connectivity index (χ1) is 6.70. The maximum atomic E-state index is 3.89. The van der Waals surface area contributed by atoms with E-state index in [9.17, 15) is 0 Å². The fraction of sp³-hybridized carbons (Fsp3) is 0.700.